The normalized spacial score (nSPS) is 13.2. The van der Waals surface area contributed by atoms with Crippen LogP contribution in [-0.4, -0.2) is 25.3 Å². The first-order valence-electron chi connectivity index (χ1n) is 10.1. The van der Waals surface area contributed by atoms with Crippen molar-refractivity contribution in [3.8, 4) is 11.5 Å². The summed E-state index contributed by atoms with van der Waals surface area (Å²) < 4.78 is 1.69. The summed E-state index contributed by atoms with van der Waals surface area (Å²) in [5.41, 5.74) is 10.8. The summed E-state index contributed by atoms with van der Waals surface area (Å²) in [6.07, 6.45) is 5.78. The largest absolute Gasteiger partial charge is 0.366 e. The Hall–Kier alpha value is -3.74. The van der Waals surface area contributed by atoms with Gasteiger partial charge < -0.3 is 11.1 Å². The van der Waals surface area contributed by atoms with Gasteiger partial charge in [-0.15, -0.1) is 0 Å². The monoisotopic (exact) mass is 398 g/mol. The van der Waals surface area contributed by atoms with Crippen molar-refractivity contribution in [3.05, 3.63) is 77.4 Å². The molecule has 150 valence electrons. The van der Waals surface area contributed by atoms with Gasteiger partial charge in [0.1, 0.15) is 23.5 Å². The molecule has 0 unspecified atom stereocenters. The van der Waals surface area contributed by atoms with E-state index in [0.29, 0.717) is 23.8 Å². The first kappa shape index (κ1) is 18.3. The zero-order chi connectivity index (χ0) is 20.5. The number of aromatic nitrogens is 4. The molecule has 0 aliphatic heterocycles. The highest BCUT2D eigenvalue weighted by molar-refractivity contribution is 5.92. The molecule has 0 saturated carbocycles. The van der Waals surface area contributed by atoms with Crippen LogP contribution in [0.3, 0.4) is 0 Å². The summed E-state index contributed by atoms with van der Waals surface area (Å²) in [5.74, 6) is 0.933. The molecule has 1 aromatic carbocycles. The van der Waals surface area contributed by atoms with E-state index in [1.54, 1.807) is 22.9 Å². The van der Waals surface area contributed by atoms with Gasteiger partial charge in [-0.05, 0) is 43.4 Å². The van der Waals surface area contributed by atoms with Crippen LogP contribution in [0.5, 0.6) is 0 Å². The average molecular weight is 398 g/mol. The molecule has 3 N–H and O–H groups in total. The molecule has 0 fully saturated rings. The van der Waals surface area contributed by atoms with Crippen molar-refractivity contribution in [3.63, 3.8) is 0 Å². The van der Waals surface area contributed by atoms with E-state index < -0.39 is 5.91 Å². The average Bonchev–Trinajstić information content (AvgIpc) is 3.22. The molecule has 0 atom stereocenters. The zero-order valence-corrected chi connectivity index (χ0v) is 16.5. The number of rotatable bonds is 5. The van der Waals surface area contributed by atoms with Crippen LogP contribution < -0.4 is 11.1 Å². The molecule has 1 aliphatic rings. The highest BCUT2D eigenvalue weighted by atomic mass is 16.1. The summed E-state index contributed by atoms with van der Waals surface area (Å²) in [5, 5.41) is 3.51. The SMILES string of the molecule is NC(=O)c1cccc2c(-c3nc4c(c(NCc5ccccc5)n3)CCCC4)ncn12. The quantitative estimate of drug-likeness (QED) is 0.537. The number of nitrogens with two attached hydrogens (primary N) is 1. The van der Waals surface area contributed by atoms with Crippen LogP contribution in [-0.2, 0) is 19.4 Å². The molecule has 0 spiro atoms. The smallest absolute Gasteiger partial charge is 0.265 e. The first-order chi connectivity index (χ1) is 14.7. The zero-order valence-electron chi connectivity index (χ0n) is 16.5. The van der Waals surface area contributed by atoms with Gasteiger partial charge in [-0.2, -0.15) is 0 Å². The number of amides is 1. The van der Waals surface area contributed by atoms with E-state index in [1.165, 1.54) is 11.1 Å². The number of carbonyl (C=O) groups excluding carboxylic acids is 1. The lowest BCUT2D eigenvalue weighted by Crippen LogP contribution is -2.15. The molecule has 1 amide bonds. The van der Waals surface area contributed by atoms with Crippen LogP contribution in [0.15, 0.2) is 54.9 Å². The van der Waals surface area contributed by atoms with Crippen LogP contribution in [0, 0.1) is 0 Å². The number of anilines is 1. The summed E-state index contributed by atoms with van der Waals surface area (Å²) in [6.45, 7) is 0.694. The number of hydrogen-bond donors (Lipinski definition) is 2. The second kappa shape index (κ2) is 7.59. The lowest BCUT2D eigenvalue weighted by atomic mass is 9.96. The Balaban J connectivity index is 1.58. The molecule has 0 saturated heterocycles. The molecule has 7 nitrogen and oxygen atoms in total. The van der Waals surface area contributed by atoms with Crippen molar-refractivity contribution in [2.75, 3.05) is 5.32 Å². The van der Waals surface area contributed by atoms with Crippen LogP contribution in [0.2, 0.25) is 0 Å². The van der Waals surface area contributed by atoms with Gasteiger partial charge in [-0.1, -0.05) is 36.4 Å². The van der Waals surface area contributed by atoms with Gasteiger partial charge in [0.25, 0.3) is 5.91 Å². The number of nitrogens with zero attached hydrogens (tertiary/aromatic N) is 4. The number of benzene rings is 1. The molecule has 3 heterocycles. The second-order valence-electron chi connectivity index (χ2n) is 7.49. The Labute approximate surface area is 174 Å². The van der Waals surface area contributed by atoms with Gasteiger partial charge in [0, 0.05) is 17.8 Å². The Kier molecular flexibility index (Phi) is 4.63. The molecule has 30 heavy (non-hydrogen) atoms. The summed E-state index contributed by atoms with van der Waals surface area (Å²) in [4.78, 5) is 26.0. The van der Waals surface area contributed by atoms with E-state index in [4.69, 9.17) is 15.7 Å². The minimum Gasteiger partial charge on any atom is -0.366 e. The number of carbonyl (C=O) groups is 1. The highest BCUT2D eigenvalue weighted by Gasteiger charge is 2.21. The molecule has 4 aromatic rings. The summed E-state index contributed by atoms with van der Waals surface area (Å²) >= 11 is 0. The van der Waals surface area contributed by atoms with Crippen LogP contribution in [0.25, 0.3) is 17.0 Å². The van der Waals surface area contributed by atoms with Crippen molar-refractivity contribution >= 4 is 17.2 Å². The first-order valence-corrected chi connectivity index (χ1v) is 10.1. The third-order valence-electron chi connectivity index (χ3n) is 5.52. The minimum atomic E-state index is -0.499. The van der Waals surface area contributed by atoms with Crippen molar-refractivity contribution in [2.45, 2.75) is 32.2 Å². The summed E-state index contributed by atoms with van der Waals surface area (Å²) in [6, 6.07) is 15.6. The van der Waals surface area contributed by atoms with Gasteiger partial charge in [-0.3, -0.25) is 9.20 Å². The number of primary amides is 1. The number of nitrogens with one attached hydrogen (secondary N) is 1. The fourth-order valence-corrected chi connectivity index (χ4v) is 4.02. The molecular formula is C23H22N6O. The number of fused-ring (bicyclic) bond motifs is 2. The lowest BCUT2D eigenvalue weighted by Gasteiger charge is -2.19. The van der Waals surface area contributed by atoms with Gasteiger partial charge in [0.05, 0.1) is 5.52 Å². The van der Waals surface area contributed by atoms with Crippen molar-refractivity contribution in [1.82, 2.24) is 19.4 Å². The van der Waals surface area contributed by atoms with E-state index in [0.717, 1.165) is 42.7 Å². The van der Waals surface area contributed by atoms with E-state index >= 15 is 0 Å². The highest BCUT2D eigenvalue weighted by Crippen LogP contribution is 2.30. The molecule has 3 aromatic heterocycles. The Morgan fingerprint density at radius 1 is 1.03 bits per heavy atom. The molecule has 0 bridgehead atoms. The molecular weight excluding hydrogens is 376 g/mol. The van der Waals surface area contributed by atoms with Gasteiger partial charge in [-0.25, -0.2) is 15.0 Å². The second-order valence-corrected chi connectivity index (χ2v) is 7.49. The Morgan fingerprint density at radius 2 is 1.87 bits per heavy atom. The number of aryl methyl sites for hydroxylation is 1. The fraction of sp³-hybridized carbons (Fsp3) is 0.217. The molecule has 5 rings (SSSR count). The third kappa shape index (κ3) is 3.28. The maximum atomic E-state index is 11.8. The number of pyridine rings is 1. The van der Waals surface area contributed by atoms with E-state index in [-0.39, 0.29) is 0 Å². The minimum absolute atomic E-state index is 0.381. The van der Waals surface area contributed by atoms with E-state index in [1.807, 2.05) is 24.3 Å². The third-order valence-corrected chi connectivity index (χ3v) is 5.52. The maximum absolute atomic E-state index is 11.8. The Bertz CT molecular complexity index is 1230. The van der Waals surface area contributed by atoms with Crippen molar-refractivity contribution < 1.29 is 4.79 Å². The van der Waals surface area contributed by atoms with Crippen molar-refractivity contribution in [2.24, 2.45) is 5.73 Å². The lowest BCUT2D eigenvalue weighted by molar-refractivity contribution is 0.0994. The van der Waals surface area contributed by atoms with Crippen LogP contribution in [0.4, 0.5) is 5.82 Å². The number of hydrogen-bond acceptors (Lipinski definition) is 5. The molecule has 0 radical (unpaired) electrons. The van der Waals surface area contributed by atoms with E-state index in [9.17, 15) is 4.79 Å². The molecule has 7 heteroatoms. The predicted molar refractivity (Wildman–Crippen MR) is 115 cm³/mol. The maximum Gasteiger partial charge on any atom is 0.265 e. The standard InChI is InChI=1S/C23H22N6O/c24-21(30)19-12-6-11-18-20(26-14-29(18)19)23-27-17-10-5-4-9-16(17)22(28-23)25-13-15-7-2-1-3-8-15/h1-3,6-8,11-12,14H,4-5,9-10,13H2,(H2,24,30)(H,25,27,28). The topological polar surface area (TPSA) is 98.2 Å². The fourth-order valence-electron chi connectivity index (χ4n) is 4.02. The Morgan fingerprint density at radius 3 is 2.70 bits per heavy atom. The van der Waals surface area contributed by atoms with E-state index in [2.05, 4.69) is 22.4 Å². The van der Waals surface area contributed by atoms with Crippen LogP contribution >= 0.6 is 0 Å². The molecule has 1 aliphatic carbocycles. The summed E-state index contributed by atoms with van der Waals surface area (Å²) in [7, 11) is 0. The van der Waals surface area contributed by atoms with Crippen LogP contribution in [0.1, 0.15) is 40.2 Å². The number of imidazole rings is 1. The predicted octanol–water partition coefficient (Wildman–Crippen LogP) is 3.38. The van der Waals surface area contributed by atoms with Gasteiger partial charge in [0.2, 0.25) is 0 Å². The van der Waals surface area contributed by atoms with Gasteiger partial charge >= 0.3 is 0 Å². The van der Waals surface area contributed by atoms with Gasteiger partial charge in [0.15, 0.2) is 5.82 Å². The van der Waals surface area contributed by atoms with Crippen molar-refractivity contribution in [1.29, 1.82) is 0 Å².